The molecule has 70 heavy (non-hydrogen) atoms. The Labute approximate surface area is 414 Å². The molecule has 26 N–H and O–H groups in total. The summed E-state index contributed by atoms with van der Waals surface area (Å²) in [5, 5.41) is 107. The highest BCUT2D eigenvalue weighted by atomic mass is 16.4. The first kappa shape index (κ1) is 65.5. The van der Waals surface area contributed by atoms with Gasteiger partial charge in [-0.3, -0.25) is 19.2 Å². The van der Waals surface area contributed by atoms with Gasteiger partial charge in [-0.15, -0.1) is 0 Å². The Morgan fingerprint density at radius 3 is 0.943 bits per heavy atom. The molecule has 28 heteroatoms. The van der Waals surface area contributed by atoms with Crippen molar-refractivity contribution < 1.29 is 79.8 Å². The molecule has 0 amide bonds. The van der Waals surface area contributed by atoms with E-state index in [1.807, 2.05) is 19.0 Å². The average Bonchev–Trinajstić information content (AvgIpc) is 3.99. The third-order valence-corrected chi connectivity index (χ3v) is 15.4. The Balaban J connectivity index is 0.000000467. The van der Waals surface area contributed by atoms with E-state index in [-0.39, 0.29) is 72.7 Å². The molecule has 0 aromatic rings. The van der Waals surface area contributed by atoms with Crippen molar-refractivity contribution in [3.8, 4) is 0 Å². The standard InChI is InChI=1S/2C11H23BN2O4.2C10H21BN2O4/c1-14(2)9-6-8(4-3-5-12(17)18)11(13,7-9)10(15)16;13-5-3-8-6-9(2-1-4-12(17)18)11(14,7-8)10(15)16;2*12-6-7-4-8(2-1-3-11(16)17)10(13,5-7)9(14)15/h8-9,17-18H,3-7,13H2,1-2H3,(H,15,16);8-9,17-18H,1-7,13-14H2,(H,15,16);2*7-8,16-17H,1-6,12-13H2,(H,14,15)/t2*8-,9-,11-;7-,8+,10+;7-,8-,10-/m0010/s1. The number of aliphatic carboxylic acids is 4. The number of rotatable bonds is 25. The lowest BCUT2D eigenvalue weighted by atomic mass is 9.78. The van der Waals surface area contributed by atoms with Crippen LogP contribution in [0, 0.1) is 41.4 Å². The topological polar surface area (TPSA) is 496 Å². The first-order valence-corrected chi connectivity index (χ1v) is 24.8. The van der Waals surface area contributed by atoms with Gasteiger partial charge in [0, 0.05) is 6.04 Å². The van der Waals surface area contributed by atoms with E-state index in [2.05, 4.69) is 0 Å². The number of carboxylic acid groups (broad SMARTS) is 4. The summed E-state index contributed by atoms with van der Waals surface area (Å²) >= 11 is 0. The van der Waals surface area contributed by atoms with E-state index in [0.717, 1.165) is 19.3 Å². The zero-order valence-electron chi connectivity index (χ0n) is 41.4. The van der Waals surface area contributed by atoms with Crippen LogP contribution < -0.4 is 40.1 Å². The summed E-state index contributed by atoms with van der Waals surface area (Å²) in [6.07, 6.45) is 11.2. The predicted octanol–water partition coefficient (Wildman–Crippen LogP) is -3.23. The molecule has 24 nitrogen and oxygen atoms in total. The molecule has 404 valence electrons. The minimum atomic E-state index is -1.33. The van der Waals surface area contributed by atoms with E-state index in [1.54, 1.807) is 0 Å². The molecule has 0 bridgehead atoms. The smallest absolute Gasteiger partial charge is 0.451 e. The van der Waals surface area contributed by atoms with Crippen molar-refractivity contribution in [3.05, 3.63) is 0 Å². The van der Waals surface area contributed by atoms with Gasteiger partial charge in [0.25, 0.3) is 0 Å². The molecule has 0 saturated heterocycles. The van der Waals surface area contributed by atoms with Crippen LogP contribution in [0.5, 0.6) is 0 Å². The van der Waals surface area contributed by atoms with Gasteiger partial charge in [0.2, 0.25) is 0 Å². The Kier molecular flexibility index (Phi) is 28.7. The van der Waals surface area contributed by atoms with Crippen LogP contribution >= 0.6 is 0 Å². The number of hydrogen-bond acceptors (Lipinski definition) is 20. The highest BCUT2D eigenvalue weighted by Gasteiger charge is 2.52. The summed E-state index contributed by atoms with van der Waals surface area (Å²) in [5.74, 6) is -3.80. The minimum Gasteiger partial charge on any atom is -0.480 e. The van der Waals surface area contributed by atoms with Crippen LogP contribution in [0.1, 0.15) is 109 Å². The lowest BCUT2D eigenvalue weighted by molar-refractivity contribution is -0.145. The third-order valence-electron chi connectivity index (χ3n) is 15.4. The molecule has 4 rings (SSSR count). The number of nitrogens with zero attached hydrogens (tertiary/aromatic N) is 1. The molecule has 0 spiro atoms. The van der Waals surface area contributed by atoms with Gasteiger partial charge in [0.15, 0.2) is 0 Å². The number of carbonyl (C=O) groups is 4. The van der Waals surface area contributed by atoms with Crippen molar-refractivity contribution in [3.63, 3.8) is 0 Å². The summed E-state index contributed by atoms with van der Waals surface area (Å²) in [7, 11) is -1.48. The summed E-state index contributed by atoms with van der Waals surface area (Å²) in [6, 6.07) is 0.176. The molecule has 0 aromatic carbocycles. The lowest BCUT2D eigenvalue weighted by Crippen LogP contribution is -2.51. The summed E-state index contributed by atoms with van der Waals surface area (Å²) in [5.41, 5.74) is 35.8. The molecule has 4 aliphatic carbocycles. The molecule has 4 saturated carbocycles. The van der Waals surface area contributed by atoms with Crippen molar-refractivity contribution in [2.75, 3.05) is 33.7 Å². The molecule has 0 aromatic heterocycles. The Bertz CT molecular complexity index is 1530. The van der Waals surface area contributed by atoms with E-state index in [9.17, 15) is 39.6 Å². The van der Waals surface area contributed by atoms with Gasteiger partial charge in [-0.25, -0.2) is 0 Å². The minimum absolute atomic E-state index is 0.106. The quantitative estimate of drug-likeness (QED) is 0.0400. The molecular formula is C42H88B4N8O16. The normalized spacial score (nSPS) is 32.2. The van der Waals surface area contributed by atoms with Crippen molar-refractivity contribution in [1.29, 1.82) is 0 Å². The van der Waals surface area contributed by atoms with Crippen molar-refractivity contribution in [1.82, 2.24) is 4.90 Å². The van der Waals surface area contributed by atoms with E-state index >= 15 is 0 Å². The van der Waals surface area contributed by atoms with E-state index in [0.29, 0.717) is 110 Å². The SMILES string of the molecule is CN(C)[C@H]1C[C@H](CCCB(O)O)[C@](N)(C(=O)O)C1.NCC[C@H]1C[C@H](CCCB(O)O)[C@](N)(C(=O)O)C1.NC[C@@H]1C[C@H](CCCB(O)O)[C@](N)(C(=O)O)C1.NC[C@H]1C[C@H](CCCB(O)O)[C@](N)(C(=O)O)C1. The number of carboxylic acids is 4. The molecule has 4 fully saturated rings. The number of nitrogens with two attached hydrogens (primary N) is 7. The molecule has 0 heterocycles. The molecule has 12 atom stereocenters. The highest BCUT2D eigenvalue weighted by molar-refractivity contribution is 6.41. The molecule has 0 unspecified atom stereocenters. The Hall–Kier alpha value is -2.50. The second-order valence-corrected chi connectivity index (χ2v) is 20.8. The van der Waals surface area contributed by atoms with Crippen LogP contribution in [0.15, 0.2) is 0 Å². The van der Waals surface area contributed by atoms with Crippen LogP contribution in [0.25, 0.3) is 0 Å². The zero-order chi connectivity index (χ0) is 53.8. The summed E-state index contributed by atoms with van der Waals surface area (Å²) < 4.78 is 0. The first-order chi connectivity index (χ1) is 32.5. The average molecular weight is 1000 g/mol. The van der Waals surface area contributed by atoms with Gasteiger partial charge in [-0.2, -0.15) is 0 Å². The van der Waals surface area contributed by atoms with Crippen molar-refractivity contribution in [2.45, 2.75) is 163 Å². The van der Waals surface area contributed by atoms with Gasteiger partial charge >= 0.3 is 52.4 Å². The Morgan fingerprint density at radius 2 is 0.700 bits per heavy atom. The second-order valence-electron chi connectivity index (χ2n) is 20.8. The fourth-order valence-electron chi connectivity index (χ4n) is 11.1. The van der Waals surface area contributed by atoms with Crippen LogP contribution in [-0.4, -0.2) is 180 Å². The summed E-state index contributed by atoms with van der Waals surface area (Å²) in [6.45, 7) is 1.44. The second kappa shape index (κ2) is 30.6. The van der Waals surface area contributed by atoms with Crippen LogP contribution in [-0.2, 0) is 19.2 Å². The van der Waals surface area contributed by atoms with Crippen LogP contribution in [0.4, 0.5) is 0 Å². The summed E-state index contributed by atoms with van der Waals surface area (Å²) in [4.78, 5) is 47.1. The van der Waals surface area contributed by atoms with Crippen molar-refractivity contribution in [2.24, 2.45) is 81.6 Å². The van der Waals surface area contributed by atoms with E-state index in [1.165, 1.54) is 0 Å². The first-order valence-electron chi connectivity index (χ1n) is 24.8. The molecule has 0 aliphatic heterocycles. The molecular weight excluding hydrogens is 916 g/mol. The largest absolute Gasteiger partial charge is 0.480 e. The number of hydrogen-bond donors (Lipinski definition) is 19. The maximum absolute atomic E-state index is 11.4. The van der Waals surface area contributed by atoms with E-state index < -0.39 is 74.5 Å². The van der Waals surface area contributed by atoms with Crippen LogP contribution in [0.2, 0.25) is 25.3 Å². The maximum atomic E-state index is 11.4. The monoisotopic (exact) mass is 1000 g/mol. The molecule has 4 aliphatic rings. The lowest BCUT2D eigenvalue weighted by Gasteiger charge is -2.26. The zero-order valence-corrected chi connectivity index (χ0v) is 41.4. The van der Waals surface area contributed by atoms with Crippen LogP contribution in [0.3, 0.4) is 0 Å². The van der Waals surface area contributed by atoms with Crippen molar-refractivity contribution >= 4 is 52.4 Å². The third kappa shape index (κ3) is 20.1. The van der Waals surface area contributed by atoms with Gasteiger partial charge < -0.3 is 106 Å². The predicted molar refractivity (Wildman–Crippen MR) is 266 cm³/mol. The van der Waals surface area contributed by atoms with E-state index in [4.69, 9.17) is 80.3 Å². The van der Waals surface area contributed by atoms with Gasteiger partial charge in [0.05, 0.1) is 0 Å². The fraction of sp³-hybridized carbons (Fsp3) is 0.905. The highest BCUT2D eigenvalue weighted by Crippen LogP contribution is 2.44. The van der Waals surface area contributed by atoms with Gasteiger partial charge in [-0.05, 0) is 184 Å². The van der Waals surface area contributed by atoms with Gasteiger partial charge in [-0.1, -0.05) is 25.7 Å². The Morgan fingerprint density at radius 1 is 0.443 bits per heavy atom. The maximum Gasteiger partial charge on any atom is 0.451 e. The fourth-order valence-corrected chi connectivity index (χ4v) is 11.1. The van der Waals surface area contributed by atoms with Gasteiger partial charge in [0.1, 0.15) is 22.2 Å². The molecule has 0 radical (unpaired) electrons.